The van der Waals surface area contributed by atoms with Crippen LogP contribution in [0.15, 0.2) is 18.2 Å². The highest BCUT2D eigenvalue weighted by atomic mass is 19.4. The summed E-state index contributed by atoms with van der Waals surface area (Å²) < 4.78 is 79.5. The molecule has 1 aromatic carbocycles. The largest absolute Gasteiger partial charge is 0.430 e. The Morgan fingerprint density at radius 2 is 1.62 bits per heavy atom. The van der Waals surface area contributed by atoms with Crippen molar-refractivity contribution in [3.63, 3.8) is 0 Å². The molecule has 1 unspecified atom stereocenters. The number of aryl methyl sites for hydroxylation is 1. The van der Waals surface area contributed by atoms with Gasteiger partial charge in [0.2, 0.25) is 5.91 Å². The summed E-state index contributed by atoms with van der Waals surface area (Å²) in [5.41, 5.74) is -5.79. The maximum absolute atomic E-state index is 13.2. The molecule has 0 radical (unpaired) electrons. The van der Waals surface area contributed by atoms with Crippen molar-refractivity contribution in [3.8, 4) is 0 Å². The van der Waals surface area contributed by atoms with E-state index in [-0.39, 0.29) is 29.9 Å². The van der Waals surface area contributed by atoms with Crippen LogP contribution in [0.5, 0.6) is 0 Å². The third-order valence-electron chi connectivity index (χ3n) is 5.36. The number of benzene rings is 1. The van der Waals surface area contributed by atoms with Crippen LogP contribution in [-0.4, -0.2) is 29.4 Å². The number of amides is 1. The van der Waals surface area contributed by atoms with Crippen LogP contribution in [0.4, 0.5) is 32.0 Å². The van der Waals surface area contributed by atoms with Gasteiger partial charge in [0.25, 0.3) is 5.60 Å². The molecule has 1 amide bonds. The summed E-state index contributed by atoms with van der Waals surface area (Å²) in [6, 6.07) is 2.22. The molecule has 1 atom stereocenters. The minimum atomic E-state index is -5.95. The van der Waals surface area contributed by atoms with E-state index in [1.54, 1.807) is 13.8 Å². The van der Waals surface area contributed by atoms with Gasteiger partial charge in [0, 0.05) is 23.2 Å². The van der Waals surface area contributed by atoms with Gasteiger partial charge in [-0.3, -0.25) is 4.79 Å². The van der Waals surface area contributed by atoms with Crippen molar-refractivity contribution in [1.29, 1.82) is 0 Å². The molecule has 0 aliphatic carbocycles. The fourth-order valence-corrected chi connectivity index (χ4v) is 3.74. The molecule has 1 aromatic rings. The molecule has 0 spiro atoms. The number of halogens is 6. The minimum absolute atomic E-state index is 0.0469. The van der Waals surface area contributed by atoms with E-state index in [4.69, 9.17) is 0 Å². The van der Waals surface area contributed by atoms with Crippen LogP contribution in [0.1, 0.15) is 51.7 Å². The molecule has 0 aromatic heterocycles. The number of anilines is 1. The van der Waals surface area contributed by atoms with Crippen molar-refractivity contribution in [2.45, 2.75) is 71.0 Å². The van der Waals surface area contributed by atoms with E-state index < -0.39 is 29.4 Å². The lowest BCUT2D eigenvalue weighted by atomic mass is 9.89. The number of alkyl halides is 6. The van der Waals surface area contributed by atoms with E-state index in [0.29, 0.717) is 24.6 Å². The van der Waals surface area contributed by atoms with Gasteiger partial charge in [-0.2, -0.15) is 26.3 Å². The Balaban J connectivity index is 2.68. The van der Waals surface area contributed by atoms with Crippen LogP contribution >= 0.6 is 0 Å². The van der Waals surface area contributed by atoms with E-state index >= 15 is 0 Å². The standard InChI is InChI=1S/C20H25F6NO2/c1-11(2)15-7-5-6-13-10-14(18(29,19(21,22)23)20(24,25)26)8-9-16(13)27(15)17(28)12(3)4/h8-12,15,29H,5-7H2,1-4H3. The molecule has 1 aliphatic heterocycles. The van der Waals surface area contributed by atoms with Gasteiger partial charge in [-0.1, -0.05) is 39.8 Å². The first-order chi connectivity index (χ1) is 13.1. The third-order valence-corrected chi connectivity index (χ3v) is 5.36. The number of carbonyl (C=O) groups is 1. The minimum Gasteiger partial charge on any atom is -0.369 e. The van der Waals surface area contributed by atoms with Gasteiger partial charge in [0.1, 0.15) is 0 Å². The van der Waals surface area contributed by atoms with Gasteiger partial charge in [-0.15, -0.1) is 0 Å². The van der Waals surface area contributed by atoms with Crippen molar-refractivity contribution in [3.05, 3.63) is 29.3 Å². The highest BCUT2D eigenvalue weighted by molar-refractivity contribution is 5.96. The molecular formula is C20H25F6NO2. The van der Waals surface area contributed by atoms with E-state index in [1.807, 2.05) is 13.8 Å². The van der Waals surface area contributed by atoms with E-state index in [2.05, 4.69) is 0 Å². The summed E-state index contributed by atoms with van der Waals surface area (Å²) >= 11 is 0. The number of carbonyl (C=O) groups excluding carboxylic acids is 1. The van der Waals surface area contributed by atoms with Gasteiger partial charge in [-0.25, -0.2) is 0 Å². The van der Waals surface area contributed by atoms with E-state index in [1.165, 1.54) is 4.90 Å². The number of rotatable bonds is 3. The van der Waals surface area contributed by atoms with Crippen molar-refractivity contribution >= 4 is 11.6 Å². The molecule has 9 heteroatoms. The first-order valence-corrected chi connectivity index (χ1v) is 9.45. The Labute approximate surface area is 165 Å². The highest BCUT2D eigenvalue weighted by Crippen LogP contribution is 2.51. The summed E-state index contributed by atoms with van der Waals surface area (Å²) in [5.74, 6) is -0.601. The van der Waals surface area contributed by atoms with Gasteiger partial charge < -0.3 is 10.0 Å². The molecule has 0 fully saturated rings. The molecule has 0 saturated carbocycles. The number of fused-ring (bicyclic) bond motifs is 1. The Morgan fingerprint density at radius 1 is 1.07 bits per heavy atom. The molecule has 2 rings (SSSR count). The summed E-state index contributed by atoms with van der Waals surface area (Å²) in [7, 11) is 0. The zero-order chi connectivity index (χ0) is 22.4. The zero-order valence-corrected chi connectivity index (χ0v) is 16.7. The van der Waals surface area contributed by atoms with Gasteiger partial charge in [0.05, 0.1) is 0 Å². The molecule has 1 N–H and O–H groups in total. The van der Waals surface area contributed by atoms with Crippen LogP contribution in [-0.2, 0) is 16.8 Å². The maximum atomic E-state index is 13.2. The van der Waals surface area contributed by atoms with Crippen LogP contribution < -0.4 is 4.90 Å². The van der Waals surface area contributed by atoms with Gasteiger partial charge in [0.15, 0.2) is 0 Å². The lowest BCUT2D eigenvalue weighted by Crippen LogP contribution is -2.54. The van der Waals surface area contributed by atoms with Crippen molar-refractivity contribution in [2.75, 3.05) is 4.90 Å². The van der Waals surface area contributed by atoms with E-state index in [9.17, 15) is 36.2 Å². The average Bonchev–Trinajstić information content (AvgIpc) is 2.77. The lowest BCUT2D eigenvalue weighted by Gasteiger charge is -2.36. The highest BCUT2D eigenvalue weighted by Gasteiger charge is 2.71. The first kappa shape index (κ1) is 23.5. The number of hydrogen-bond acceptors (Lipinski definition) is 2. The number of aliphatic hydroxyl groups is 1. The summed E-state index contributed by atoms with van der Waals surface area (Å²) in [6.45, 7) is 7.20. The van der Waals surface area contributed by atoms with Gasteiger partial charge in [-0.05, 0) is 36.8 Å². The molecular weight excluding hydrogens is 400 g/mol. The second kappa shape index (κ2) is 7.81. The summed E-state index contributed by atoms with van der Waals surface area (Å²) in [5, 5.41) is 9.70. The van der Waals surface area contributed by atoms with Crippen molar-refractivity contribution < 1.29 is 36.2 Å². The molecule has 1 aliphatic rings. The predicted molar refractivity (Wildman–Crippen MR) is 96.3 cm³/mol. The van der Waals surface area contributed by atoms with Gasteiger partial charge >= 0.3 is 12.4 Å². The number of nitrogens with zero attached hydrogens (tertiary/aromatic N) is 1. The first-order valence-electron chi connectivity index (χ1n) is 9.45. The summed E-state index contributed by atoms with van der Waals surface area (Å²) in [6.07, 6.45) is -10.6. The molecule has 29 heavy (non-hydrogen) atoms. The predicted octanol–water partition coefficient (Wildman–Crippen LogP) is 5.35. The monoisotopic (exact) mass is 425 g/mol. The molecule has 1 heterocycles. The molecule has 3 nitrogen and oxygen atoms in total. The van der Waals surface area contributed by atoms with Crippen LogP contribution in [0.3, 0.4) is 0 Å². The van der Waals surface area contributed by atoms with Crippen LogP contribution in [0, 0.1) is 11.8 Å². The maximum Gasteiger partial charge on any atom is 0.430 e. The summed E-state index contributed by atoms with van der Waals surface area (Å²) in [4.78, 5) is 14.3. The normalized spacial score (nSPS) is 18.8. The third kappa shape index (κ3) is 4.11. The fraction of sp³-hybridized carbons (Fsp3) is 0.650. The topological polar surface area (TPSA) is 40.5 Å². The second-order valence-corrected chi connectivity index (χ2v) is 8.12. The molecule has 0 saturated heterocycles. The van der Waals surface area contributed by atoms with Crippen molar-refractivity contribution in [1.82, 2.24) is 0 Å². The zero-order valence-electron chi connectivity index (χ0n) is 16.7. The molecule has 164 valence electrons. The quantitative estimate of drug-likeness (QED) is 0.664. The van der Waals surface area contributed by atoms with Crippen LogP contribution in [0.2, 0.25) is 0 Å². The molecule has 0 bridgehead atoms. The second-order valence-electron chi connectivity index (χ2n) is 8.12. The fourth-order valence-electron chi connectivity index (χ4n) is 3.74. The Hall–Kier alpha value is -1.77. The number of hydrogen-bond donors (Lipinski definition) is 1. The smallest absolute Gasteiger partial charge is 0.369 e. The average molecular weight is 425 g/mol. The van der Waals surface area contributed by atoms with E-state index in [0.717, 1.165) is 12.1 Å². The Bertz CT molecular complexity index is 740. The SMILES string of the molecule is CC(C)C(=O)N1c2ccc(C(O)(C(F)(F)F)C(F)(F)F)cc2CCCC1C(C)C. The lowest BCUT2D eigenvalue weighted by molar-refractivity contribution is -0.376. The van der Waals surface area contributed by atoms with Crippen LogP contribution in [0.25, 0.3) is 0 Å². The Morgan fingerprint density at radius 3 is 2.07 bits per heavy atom. The van der Waals surface area contributed by atoms with Crippen molar-refractivity contribution in [2.24, 2.45) is 11.8 Å². The Kier molecular flexibility index (Phi) is 6.33.